The van der Waals surface area contributed by atoms with Crippen LogP contribution in [0.3, 0.4) is 0 Å². The maximum atomic E-state index is 13.3. The highest BCUT2D eigenvalue weighted by molar-refractivity contribution is 8.77. The molecule has 2 N–H and O–H groups in total. The van der Waals surface area contributed by atoms with Crippen LogP contribution in [0.1, 0.15) is 20.7 Å². The molecule has 0 fully saturated rings. The zero-order valence-electron chi connectivity index (χ0n) is 22.1. The number of anilines is 2. The molecule has 4 aromatic rings. The number of hydrogen-bond acceptors (Lipinski definition) is 8. The molecule has 8 nitrogen and oxygen atoms in total. The summed E-state index contributed by atoms with van der Waals surface area (Å²) in [7, 11) is -5.85. The van der Waals surface area contributed by atoms with E-state index in [1.165, 1.54) is 48.5 Å². The lowest BCUT2D eigenvalue weighted by molar-refractivity contribution is 0.101. The third-order valence-electron chi connectivity index (χ3n) is 5.75. The van der Waals surface area contributed by atoms with Gasteiger partial charge in [0.1, 0.15) is 21.4 Å². The highest BCUT2D eigenvalue weighted by Gasteiger charge is 2.20. The minimum Gasteiger partial charge on any atom is -0.293 e. The number of rotatable bonds is 13. The van der Waals surface area contributed by atoms with Crippen molar-refractivity contribution in [2.45, 2.75) is 9.79 Å². The van der Waals surface area contributed by atoms with Crippen molar-refractivity contribution in [2.24, 2.45) is 0 Å². The minimum atomic E-state index is -4.09. The lowest BCUT2D eigenvalue weighted by Gasteiger charge is -2.10. The van der Waals surface area contributed by atoms with E-state index in [9.17, 15) is 35.2 Å². The van der Waals surface area contributed by atoms with Gasteiger partial charge in [0, 0.05) is 22.5 Å². The van der Waals surface area contributed by atoms with Gasteiger partial charge in [-0.3, -0.25) is 19.0 Å². The van der Waals surface area contributed by atoms with Gasteiger partial charge in [-0.05, 0) is 84.9 Å². The Morgan fingerprint density at radius 1 is 0.591 bits per heavy atom. The van der Waals surface area contributed by atoms with Gasteiger partial charge in [0.15, 0.2) is 11.6 Å². The fourth-order valence-corrected chi connectivity index (χ4v) is 8.65. The van der Waals surface area contributed by atoms with E-state index in [4.69, 9.17) is 23.2 Å². The molecule has 0 spiro atoms. The maximum Gasteiger partial charge on any atom is 0.263 e. The van der Waals surface area contributed by atoms with Crippen molar-refractivity contribution in [3.05, 3.63) is 118 Å². The second-order valence-electron chi connectivity index (χ2n) is 8.89. The van der Waals surface area contributed by atoms with Crippen LogP contribution in [0.25, 0.3) is 0 Å². The van der Waals surface area contributed by atoms with Crippen LogP contribution in [-0.2, 0) is 20.0 Å². The summed E-state index contributed by atoms with van der Waals surface area (Å²) in [4.78, 5) is 24.5. The van der Waals surface area contributed by atoms with Crippen molar-refractivity contribution in [2.75, 3.05) is 20.9 Å². The Hall–Kier alpha value is -3.14. The van der Waals surface area contributed by atoms with E-state index in [-0.39, 0.29) is 54.3 Å². The predicted molar refractivity (Wildman–Crippen MR) is 171 cm³/mol. The zero-order chi connectivity index (χ0) is 32.1. The molecule has 44 heavy (non-hydrogen) atoms. The monoisotopic (exact) mass is 716 g/mol. The SMILES string of the molecule is O=C(CSSCC(=O)c1ccc(NS(=O)(=O)c2ccc(F)cc2Cl)cc1)c1ccc(NS(=O)(=O)c2ccc(F)cc2Cl)cc1. The fraction of sp³-hybridized carbons (Fsp3) is 0.0714. The maximum absolute atomic E-state index is 13.3. The number of hydrogen-bond donors (Lipinski definition) is 2. The van der Waals surface area contributed by atoms with Crippen molar-refractivity contribution >= 4 is 87.8 Å². The first-order chi connectivity index (χ1) is 20.7. The summed E-state index contributed by atoms with van der Waals surface area (Å²) in [5.74, 6) is -1.76. The molecule has 0 radical (unpaired) electrons. The van der Waals surface area contributed by atoms with E-state index in [1.54, 1.807) is 0 Å². The van der Waals surface area contributed by atoms with Crippen molar-refractivity contribution in [1.29, 1.82) is 0 Å². The largest absolute Gasteiger partial charge is 0.293 e. The Morgan fingerprint density at radius 2 is 0.932 bits per heavy atom. The predicted octanol–water partition coefficient (Wildman–Crippen LogP) is 7.32. The molecule has 0 bridgehead atoms. The molecule has 0 saturated carbocycles. The summed E-state index contributed by atoms with van der Waals surface area (Å²) in [5, 5.41) is -0.544. The van der Waals surface area contributed by atoms with Gasteiger partial charge in [-0.1, -0.05) is 44.8 Å². The molecule has 0 aliphatic carbocycles. The first kappa shape index (κ1) is 33.7. The molecule has 0 aliphatic heterocycles. The van der Waals surface area contributed by atoms with Gasteiger partial charge in [-0.15, -0.1) is 0 Å². The van der Waals surface area contributed by atoms with Gasteiger partial charge in [-0.25, -0.2) is 25.6 Å². The van der Waals surface area contributed by atoms with Gasteiger partial charge in [-0.2, -0.15) is 0 Å². The first-order valence-electron chi connectivity index (χ1n) is 12.2. The van der Waals surface area contributed by atoms with E-state index < -0.39 is 31.7 Å². The summed E-state index contributed by atoms with van der Waals surface area (Å²) in [6.45, 7) is 0. The van der Waals surface area contributed by atoms with Crippen molar-refractivity contribution in [3.63, 3.8) is 0 Å². The lowest BCUT2D eigenvalue weighted by atomic mass is 10.1. The molecule has 0 saturated heterocycles. The van der Waals surface area contributed by atoms with E-state index >= 15 is 0 Å². The number of ketones is 2. The number of sulfonamides is 2. The van der Waals surface area contributed by atoms with Crippen molar-refractivity contribution < 1.29 is 35.2 Å². The highest BCUT2D eigenvalue weighted by atomic mass is 35.5. The Balaban J connectivity index is 1.25. The fourth-order valence-electron chi connectivity index (χ4n) is 3.61. The van der Waals surface area contributed by atoms with Gasteiger partial charge in [0.05, 0.1) is 21.6 Å². The summed E-state index contributed by atoms with van der Waals surface area (Å²) in [6, 6.07) is 17.2. The number of halogens is 4. The topological polar surface area (TPSA) is 126 Å². The minimum absolute atomic E-state index is 0.0425. The molecule has 16 heteroatoms. The van der Waals surface area contributed by atoms with Crippen LogP contribution in [0.4, 0.5) is 20.2 Å². The zero-order valence-corrected chi connectivity index (χ0v) is 26.9. The van der Waals surface area contributed by atoms with Crippen LogP contribution in [0, 0.1) is 11.6 Å². The first-order valence-corrected chi connectivity index (χ1v) is 18.4. The van der Waals surface area contributed by atoms with Crippen molar-refractivity contribution in [1.82, 2.24) is 0 Å². The molecular weight excluding hydrogens is 697 g/mol. The number of carbonyl (C=O) groups excluding carboxylic acids is 2. The molecular formula is C28H20Cl2F2N2O6S4. The average molecular weight is 718 g/mol. The Kier molecular flexibility index (Phi) is 11.0. The molecule has 230 valence electrons. The number of Topliss-reactive ketones (excluding diaryl/α,β-unsaturated/α-hetero) is 2. The Labute approximate surface area is 270 Å². The molecule has 0 heterocycles. The van der Waals surface area contributed by atoms with Crippen LogP contribution >= 0.6 is 44.8 Å². The van der Waals surface area contributed by atoms with E-state index in [0.717, 1.165) is 58.0 Å². The molecule has 4 rings (SSSR count). The third kappa shape index (κ3) is 8.73. The molecule has 0 amide bonds. The number of nitrogens with one attached hydrogen (secondary N) is 2. The van der Waals surface area contributed by atoms with Gasteiger partial charge < -0.3 is 0 Å². The van der Waals surface area contributed by atoms with Crippen molar-refractivity contribution in [3.8, 4) is 0 Å². The van der Waals surface area contributed by atoms with E-state index in [0.29, 0.717) is 11.1 Å². The molecule has 0 aliphatic rings. The van der Waals surface area contributed by atoms with Crippen LogP contribution in [0.15, 0.2) is 94.7 Å². The van der Waals surface area contributed by atoms with Crippen LogP contribution in [-0.4, -0.2) is 39.9 Å². The van der Waals surface area contributed by atoms with E-state index in [2.05, 4.69) is 9.44 Å². The highest BCUT2D eigenvalue weighted by Crippen LogP contribution is 2.28. The molecule has 4 aromatic carbocycles. The summed E-state index contributed by atoms with van der Waals surface area (Å²) in [5.41, 5.74) is 1.000. The summed E-state index contributed by atoms with van der Waals surface area (Å²) >= 11 is 11.7. The Morgan fingerprint density at radius 3 is 1.25 bits per heavy atom. The summed E-state index contributed by atoms with van der Waals surface area (Å²) < 4.78 is 81.4. The van der Waals surface area contributed by atoms with Gasteiger partial charge in [0.25, 0.3) is 20.0 Å². The number of carbonyl (C=O) groups is 2. The molecule has 0 atom stereocenters. The molecule has 0 aromatic heterocycles. The Bertz CT molecular complexity index is 1790. The third-order valence-corrected chi connectivity index (χ3v) is 11.6. The van der Waals surface area contributed by atoms with Crippen LogP contribution in [0.5, 0.6) is 0 Å². The summed E-state index contributed by atoms with van der Waals surface area (Å²) in [6.07, 6.45) is 0. The molecule has 0 unspecified atom stereocenters. The average Bonchev–Trinajstić information content (AvgIpc) is 2.95. The van der Waals surface area contributed by atoms with Crippen LogP contribution < -0.4 is 9.44 Å². The standard InChI is InChI=1S/C28H20Cl2F2N2O6S4/c29-23-13-19(31)5-11-27(23)43(37,38)33-21-7-1-17(2-8-21)25(35)15-41-42-16-26(36)18-3-9-22(10-4-18)34-44(39,40)28-12-6-20(32)14-24(28)30/h1-14,33-34H,15-16H2. The second kappa shape index (κ2) is 14.3. The normalized spacial score (nSPS) is 11.6. The second-order valence-corrected chi connectivity index (χ2v) is 15.5. The van der Waals surface area contributed by atoms with Crippen LogP contribution in [0.2, 0.25) is 10.0 Å². The van der Waals surface area contributed by atoms with Gasteiger partial charge in [0.2, 0.25) is 0 Å². The smallest absolute Gasteiger partial charge is 0.263 e. The number of benzene rings is 4. The van der Waals surface area contributed by atoms with Gasteiger partial charge >= 0.3 is 0 Å². The lowest BCUT2D eigenvalue weighted by Crippen LogP contribution is -2.14. The van der Waals surface area contributed by atoms with E-state index in [1.807, 2.05) is 0 Å². The quantitative estimate of drug-likeness (QED) is 0.0838.